The van der Waals surface area contributed by atoms with E-state index in [1.165, 1.54) is 5.56 Å². The zero-order valence-electron chi connectivity index (χ0n) is 14.9. The van der Waals surface area contributed by atoms with Crippen molar-refractivity contribution in [1.29, 1.82) is 0 Å². The number of benzene rings is 1. The smallest absolute Gasteiger partial charge is 0.226 e. The van der Waals surface area contributed by atoms with E-state index in [-0.39, 0.29) is 12.0 Å². The number of aromatic nitrogens is 2. The van der Waals surface area contributed by atoms with Crippen LogP contribution < -0.4 is 4.74 Å². The van der Waals surface area contributed by atoms with Gasteiger partial charge in [-0.2, -0.15) is 5.10 Å². The first-order chi connectivity index (χ1) is 12.2. The molecule has 1 aliphatic carbocycles. The SMILES string of the molecule is COc1ccccc1[C@@H]1C[C@H]1C(=O)N1CCC[C@@H]1Cn1cc(C)cn1. The van der Waals surface area contributed by atoms with Crippen LogP contribution in [0.5, 0.6) is 5.75 Å². The molecule has 0 radical (unpaired) electrons. The van der Waals surface area contributed by atoms with E-state index in [2.05, 4.69) is 22.3 Å². The van der Waals surface area contributed by atoms with Crippen LogP contribution in [0.15, 0.2) is 36.7 Å². The third-order valence-corrected chi connectivity index (χ3v) is 5.47. The number of nitrogens with zero attached hydrogens (tertiary/aromatic N) is 3. The standard InChI is InChI=1S/C20H25N3O2/c1-14-11-21-22(12-14)13-15-6-5-9-23(15)20(24)18-10-17(18)16-7-3-4-8-19(16)25-2/h3-4,7-8,11-12,15,17-18H,5-6,9-10,13H2,1-2H3/t15-,17+,18-/m1/s1. The fourth-order valence-corrected chi connectivity index (χ4v) is 4.10. The molecule has 0 N–H and O–H groups in total. The van der Waals surface area contributed by atoms with E-state index in [0.717, 1.165) is 43.7 Å². The summed E-state index contributed by atoms with van der Waals surface area (Å²) in [6.07, 6.45) is 7.01. The Bertz CT molecular complexity index is 770. The van der Waals surface area contributed by atoms with E-state index in [4.69, 9.17) is 4.74 Å². The number of para-hydroxylation sites is 1. The Morgan fingerprint density at radius 2 is 2.20 bits per heavy atom. The average Bonchev–Trinajstić information content (AvgIpc) is 3.11. The zero-order valence-corrected chi connectivity index (χ0v) is 14.9. The molecule has 3 atom stereocenters. The predicted octanol–water partition coefficient (Wildman–Crippen LogP) is 2.99. The van der Waals surface area contributed by atoms with Gasteiger partial charge in [0.25, 0.3) is 0 Å². The molecule has 2 aliphatic rings. The average molecular weight is 339 g/mol. The minimum absolute atomic E-state index is 0.108. The number of aryl methyl sites for hydroxylation is 1. The first kappa shape index (κ1) is 16.2. The van der Waals surface area contributed by atoms with Crippen molar-refractivity contribution in [2.75, 3.05) is 13.7 Å². The summed E-state index contributed by atoms with van der Waals surface area (Å²) in [5, 5.41) is 4.38. The number of carbonyl (C=O) groups excluding carboxylic acids is 1. The van der Waals surface area contributed by atoms with Crippen molar-refractivity contribution in [3.8, 4) is 5.75 Å². The molecule has 1 saturated carbocycles. The minimum atomic E-state index is 0.108. The molecule has 1 aromatic heterocycles. The Morgan fingerprint density at radius 3 is 2.96 bits per heavy atom. The fraction of sp³-hybridized carbons (Fsp3) is 0.500. The molecule has 2 fully saturated rings. The molecule has 132 valence electrons. The number of methoxy groups -OCH3 is 1. The Morgan fingerprint density at radius 1 is 1.36 bits per heavy atom. The van der Waals surface area contributed by atoms with Gasteiger partial charge in [-0.15, -0.1) is 0 Å². The van der Waals surface area contributed by atoms with Crippen LogP contribution in [0.3, 0.4) is 0 Å². The highest BCUT2D eigenvalue weighted by atomic mass is 16.5. The van der Waals surface area contributed by atoms with Crippen LogP contribution in [0, 0.1) is 12.8 Å². The van der Waals surface area contributed by atoms with E-state index in [1.807, 2.05) is 36.0 Å². The maximum absolute atomic E-state index is 13.1. The highest BCUT2D eigenvalue weighted by molar-refractivity contribution is 5.83. The molecule has 1 amide bonds. The van der Waals surface area contributed by atoms with Gasteiger partial charge in [-0.05, 0) is 49.3 Å². The van der Waals surface area contributed by atoms with Gasteiger partial charge < -0.3 is 9.64 Å². The number of carbonyl (C=O) groups is 1. The van der Waals surface area contributed by atoms with Gasteiger partial charge in [0.2, 0.25) is 5.91 Å². The van der Waals surface area contributed by atoms with Gasteiger partial charge in [-0.1, -0.05) is 18.2 Å². The summed E-state index contributed by atoms with van der Waals surface area (Å²) in [5.41, 5.74) is 2.33. The Hall–Kier alpha value is -2.30. The molecule has 0 spiro atoms. The van der Waals surface area contributed by atoms with Crippen LogP contribution in [0.1, 0.15) is 36.3 Å². The van der Waals surface area contributed by atoms with Crippen LogP contribution in [-0.4, -0.2) is 40.3 Å². The first-order valence-electron chi connectivity index (χ1n) is 9.10. The topological polar surface area (TPSA) is 47.4 Å². The molecular weight excluding hydrogens is 314 g/mol. The van der Waals surface area contributed by atoms with Crippen LogP contribution >= 0.6 is 0 Å². The zero-order chi connectivity index (χ0) is 17.4. The van der Waals surface area contributed by atoms with E-state index in [0.29, 0.717) is 11.8 Å². The molecule has 2 heterocycles. The molecule has 2 aromatic rings. The summed E-state index contributed by atoms with van der Waals surface area (Å²) in [6.45, 7) is 3.72. The molecule has 1 aliphatic heterocycles. The summed E-state index contributed by atoms with van der Waals surface area (Å²) in [6, 6.07) is 8.34. The maximum atomic E-state index is 13.1. The van der Waals surface area contributed by atoms with Crippen LogP contribution in [0.25, 0.3) is 0 Å². The van der Waals surface area contributed by atoms with Gasteiger partial charge in [0.05, 0.1) is 25.9 Å². The van der Waals surface area contributed by atoms with Crippen molar-refractivity contribution in [2.24, 2.45) is 5.92 Å². The van der Waals surface area contributed by atoms with Crippen LogP contribution in [-0.2, 0) is 11.3 Å². The summed E-state index contributed by atoms with van der Waals surface area (Å²) in [4.78, 5) is 15.1. The summed E-state index contributed by atoms with van der Waals surface area (Å²) in [5.74, 6) is 1.61. The van der Waals surface area contributed by atoms with E-state index in [1.54, 1.807) is 7.11 Å². The Kier molecular flexibility index (Phi) is 4.24. The lowest BCUT2D eigenvalue weighted by molar-refractivity contribution is -0.133. The number of hydrogen-bond acceptors (Lipinski definition) is 3. The minimum Gasteiger partial charge on any atom is -0.496 e. The van der Waals surface area contributed by atoms with Gasteiger partial charge in [0, 0.05) is 18.7 Å². The van der Waals surface area contributed by atoms with Gasteiger partial charge in [-0.25, -0.2) is 0 Å². The largest absolute Gasteiger partial charge is 0.496 e. The molecular formula is C20H25N3O2. The molecule has 0 unspecified atom stereocenters. The lowest BCUT2D eigenvalue weighted by Gasteiger charge is -2.25. The fourth-order valence-electron chi connectivity index (χ4n) is 4.10. The van der Waals surface area contributed by atoms with E-state index < -0.39 is 0 Å². The lowest BCUT2D eigenvalue weighted by atomic mass is 10.1. The number of ether oxygens (including phenoxy) is 1. The van der Waals surface area contributed by atoms with Crippen molar-refractivity contribution >= 4 is 5.91 Å². The summed E-state index contributed by atoms with van der Waals surface area (Å²) >= 11 is 0. The van der Waals surface area contributed by atoms with E-state index in [9.17, 15) is 4.79 Å². The second kappa shape index (κ2) is 6.54. The third kappa shape index (κ3) is 3.15. The molecule has 1 aromatic carbocycles. The monoisotopic (exact) mass is 339 g/mol. The van der Waals surface area contributed by atoms with Gasteiger partial charge in [-0.3, -0.25) is 9.48 Å². The van der Waals surface area contributed by atoms with Crippen LogP contribution in [0.4, 0.5) is 0 Å². The highest BCUT2D eigenvalue weighted by Crippen LogP contribution is 2.51. The third-order valence-electron chi connectivity index (χ3n) is 5.47. The van der Waals surface area contributed by atoms with Crippen molar-refractivity contribution in [3.05, 3.63) is 47.8 Å². The highest BCUT2D eigenvalue weighted by Gasteiger charge is 2.48. The molecule has 1 saturated heterocycles. The molecule has 25 heavy (non-hydrogen) atoms. The second-order valence-electron chi connectivity index (χ2n) is 7.26. The van der Waals surface area contributed by atoms with Crippen molar-refractivity contribution in [3.63, 3.8) is 0 Å². The molecule has 0 bridgehead atoms. The molecule has 5 heteroatoms. The number of likely N-dealkylation sites (tertiary alicyclic amines) is 1. The lowest BCUT2D eigenvalue weighted by Crippen LogP contribution is -2.39. The van der Waals surface area contributed by atoms with Crippen molar-refractivity contribution < 1.29 is 9.53 Å². The Labute approximate surface area is 148 Å². The van der Waals surface area contributed by atoms with Gasteiger partial charge in [0.15, 0.2) is 0 Å². The van der Waals surface area contributed by atoms with E-state index >= 15 is 0 Å². The molecule has 4 rings (SSSR count). The first-order valence-corrected chi connectivity index (χ1v) is 9.10. The Balaban J connectivity index is 1.44. The van der Waals surface area contributed by atoms with Gasteiger partial charge >= 0.3 is 0 Å². The normalized spacial score (nSPS) is 25.2. The van der Waals surface area contributed by atoms with Crippen LogP contribution in [0.2, 0.25) is 0 Å². The number of rotatable bonds is 5. The van der Waals surface area contributed by atoms with Crippen molar-refractivity contribution in [1.82, 2.24) is 14.7 Å². The summed E-state index contributed by atoms with van der Waals surface area (Å²) < 4.78 is 7.43. The van der Waals surface area contributed by atoms with Gasteiger partial charge in [0.1, 0.15) is 5.75 Å². The maximum Gasteiger partial charge on any atom is 0.226 e. The second-order valence-corrected chi connectivity index (χ2v) is 7.26. The van der Waals surface area contributed by atoms with Crippen molar-refractivity contribution in [2.45, 2.75) is 44.7 Å². The predicted molar refractivity (Wildman–Crippen MR) is 95.5 cm³/mol. The molecule has 5 nitrogen and oxygen atoms in total. The quantitative estimate of drug-likeness (QED) is 0.841. The number of amides is 1. The number of hydrogen-bond donors (Lipinski definition) is 0. The summed E-state index contributed by atoms with van der Waals surface area (Å²) in [7, 11) is 1.70.